The van der Waals surface area contributed by atoms with Crippen molar-refractivity contribution in [3.8, 4) is 5.75 Å². The van der Waals surface area contributed by atoms with Gasteiger partial charge in [-0.25, -0.2) is 4.68 Å². The SMILES string of the molecule is CCN1CCN(C(=O)C[C@H](C(=O)N[C@]2(C)C(=O)N3C(C(=O)NCCCC(C(=O)O)N4CCN(CC(=O)[O-])CCN(CC(=O)[O-])CCN(CC(=O)[O-])CC4)=C(CSc4nnnn4C)CS[C@@]32C)c2ccc(O)cc2)C(=O)C1=O.[Ga+3]. The number of phenols is 1. The fraction of sp³-hybridized carbons (Fsp3) is 0.596. The first-order chi connectivity index (χ1) is 36.5. The fourth-order valence-electron chi connectivity index (χ4n) is 9.63. The van der Waals surface area contributed by atoms with Crippen LogP contribution < -0.4 is 26.0 Å². The van der Waals surface area contributed by atoms with Gasteiger partial charge in [0.25, 0.3) is 11.8 Å². The number of nitrogens with zero attached hydrogens (tertiary/aromatic N) is 11. The number of amides is 6. The second-order valence-electron chi connectivity index (χ2n) is 19.2. The number of imide groups is 1. The molecule has 4 N–H and O–H groups in total. The van der Waals surface area contributed by atoms with Gasteiger partial charge in [0.15, 0.2) is 0 Å². The molecular formula is C47H62GaN13O15S2. The molecule has 4 atom stereocenters. The van der Waals surface area contributed by atoms with Crippen molar-refractivity contribution in [2.45, 2.75) is 67.6 Å². The van der Waals surface area contributed by atoms with Gasteiger partial charge >= 0.3 is 37.6 Å². The molecule has 6 amide bonds. The molecule has 2 aromatic rings. The van der Waals surface area contributed by atoms with Gasteiger partial charge in [0.05, 0.1) is 23.8 Å². The predicted octanol–water partition coefficient (Wildman–Crippen LogP) is -6.73. The number of aromatic hydroxyl groups is 1. The first kappa shape index (κ1) is 62.7. The van der Waals surface area contributed by atoms with Crippen molar-refractivity contribution in [2.24, 2.45) is 7.05 Å². The zero-order chi connectivity index (χ0) is 56.4. The Hall–Kier alpha value is -6.09. The summed E-state index contributed by atoms with van der Waals surface area (Å²) in [5.74, 6) is -11.5. The summed E-state index contributed by atoms with van der Waals surface area (Å²) in [5.41, 5.74) is -0.967. The molecule has 0 radical (unpaired) electrons. The number of aromatic nitrogens is 4. The summed E-state index contributed by atoms with van der Waals surface area (Å²) in [6.45, 7) is 3.74. The number of piperazine rings is 1. The Morgan fingerprint density at radius 2 is 1.38 bits per heavy atom. The maximum Gasteiger partial charge on any atom is 3.00 e. The third kappa shape index (κ3) is 15.0. The smallest absolute Gasteiger partial charge is 0.549 e. The van der Waals surface area contributed by atoms with E-state index >= 15 is 0 Å². The van der Waals surface area contributed by atoms with Crippen LogP contribution in [0.2, 0.25) is 0 Å². The topological polar surface area (TPSA) is 371 Å². The van der Waals surface area contributed by atoms with Gasteiger partial charge in [-0.1, -0.05) is 23.9 Å². The Morgan fingerprint density at radius 1 is 0.821 bits per heavy atom. The number of aryl methyl sites for hydroxylation is 1. The quantitative estimate of drug-likeness (QED) is 0.0280. The van der Waals surface area contributed by atoms with E-state index in [9.17, 15) is 73.5 Å². The minimum absolute atomic E-state index is 0. The first-order valence-electron chi connectivity index (χ1n) is 24.8. The first-order valence-corrected chi connectivity index (χ1v) is 26.8. The molecule has 1 aromatic carbocycles. The maximum atomic E-state index is 14.7. The molecule has 0 aliphatic carbocycles. The molecule has 5 heterocycles. The van der Waals surface area contributed by atoms with E-state index in [1.807, 2.05) is 0 Å². The van der Waals surface area contributed by atoms with Crippen molar-refractivity contribution in [1.29, 1.82) is 0 Å². The van der Waals surface area contributed by atoms with Crippen molar-refractivity contribution in [3.05, 3.63) is 41.1 Å². The molecule has 0 spiro atoms. The third-order valence-electron chi connectivity index (χ3n) is 14.2. The van der Waals surface area contributed by atoms with Crippen LogP contribution in [0.15, 0.2) is 40.7 Å². The number of aliphatic carboxylic acids is 4. The number of thioether (sulfide) groups is 2. The number of tetrazole rings is 1. The number of rotatable bonds is 22. The van der Waals surface area contributed by atoms with Gasteiger partial charge in [-0.2, -0.15) is 0 Å². The molecule has 78 heavy (non-hydrogen) atoms. The molecular weight excluding hydrogens is 1120 g/mol. The van der Waals surface area contributed by atoms with Crippen molar-refractivity contribution >= 4 is 103 Å². The Kier molecular flexibility index (Phi) is 22.3. The molecule has 3 saturated heterocycles. The van der Waals surface area contributed by atoms with Gasteiger partial charge in [-0.3, -0.25) is 63.0 Å². The molecule has 1 unspecified atom stereocenters. The zero-order valence-electron chi connectivity index (χ0n) is 43.6. The van der Waals surface area contributed by atoms with E-state index in [4.69, 9.17) is 0 Å². The average molecular weight is 1180 g/mol. The number of carboxylic acids is 4. The minimum atomic E-state index is -1.71. The fourth-order valence-corrected chi connectivity index (χ4v) is 12.0. The van der Waals surface area contributed by atoms with E-state index in [2.05, 4.69) is 26.2 Å². The Labute approximate surface area is 470 Å². The third-order valence-corrected chi connectivity index (χ3v) is 16.9. The molecule has 4 aliphatic heterocycles. The standard InChI is InChI=1S/C47H65N13O15S2.Ga/c1-5-57-21-22-59(42(72)41(57)71)34(62)23-32(29-8-10-31(61)11-9-29)39(69)49-46(2)44(75)60-38(30(28-77-47(46,60)3)27-76-45-50-51-52-53(45)4)40(70)48-12-6-7-33(43(73)74)58-19-17-55(25-36(65)66)15-13-54(24-35(63)64)14-16-56(18-20-58)26-37(67)68;/h8-11,32-33,61H,5-7,12-28H2,1-4H3,(H,48,70)(H,49,69)(H,63,64)(H,65,66)(H,67,68)(H,73,74);/q;+3/p-3/t32-,33?,46+,47+;/m0./s1. The van der Waals surface area contributed by atoms with E-state index in [0.717, 1.165) is 4.90 Å². The molecule has 31 heteroatoms. The van der Waals surface area contributed by atoms with Gasteiger partial charge in [-0.15, -0.1) is 16.9 Å². The van der Waals surface area contributed by atoms with Crippen LogP contribution in [0.25, 0.3) is 0 Å². The van der Waals surface area contributed by atoms with Gasteiger partial charge in [0, 0.05) is 123 Å². The van der Waals surface area contributed by atoms with Crippen LogP contribution in [0, 0.1) is 0 Å². The number of benzene rings is 1. The van der Waals surface area contributed by atoms with Crippen molar-refractivity contribution in [2.75, 3.05) is 110 Å². The normalized spacial score (nSPS) is 22.0. The molecule has 6 rings (SSSR count). The molecule has 4 aliphatic rings. The number of carboxylic acid groups (broad SMARTS) is 4. The average Bonchev–Trinajstić information content (AvgIpc) is 3.88. The van der Waals surface area contributed by atoms with Crippen LogP contribution in [0.4, 0.5) is 0 Å². The molecule has 0 bridgehead atoms. The molecule has 28 nitrogen and oxygen atoms in total. The Balaban J connectivity index is 0.0000112. The number of β-lactam (4-membered cyclic amide) rings is 1. The molecule has 3 fully saturated rings. The number of likely N-dealkylation sites (N-methyl/N-ethyl adjacent to an activating group) is 1. The summed E-state index contributed by atoms with van der Waals surface area (Å²) < 4.78 is 1.42. The minimum Gasteiger partial charge on any atom is -0.549 e. The van der Waals surface area contributed by atoms with Crippen molar-refractivity contribution in [3.63, 3.8) is 0 Å². The summed E-state index contributed by atoms with van der Waals surface area (Å²) in [4.78, 5) is 139. The molecule has 0 saturated carbocycles. The molecule has 420 valence electrons. The van der Waals surface area contributed by atoms with Crippen LogP contribution >= 0.6 is 23.5 Å². The van der Waals surface area contributed by atoms with Crippen molar-refractivity contribution < 1.29 is 73.5 Å². The Bertz CT molecular complexity index is 2600. The number of carbonyl (C=O) groups is 10. The van der Waals surface area contributed by atoms with Gasteiger partial charge in [0.1, 0.15) is 27.9 Å². The van der Waals surface area contributed by atoms with Crippen LogP contribution in [0.1, 0.15) is 51.5 Å². The van der Waals surface area contributed by atoms with Crippen LogP contribution in [0.5, 0.6) is 5.75 Å². The number of hydrogen-bond donors (Lipinski definition) is 4. The number of hydrogen-bond acceptors (Lipinski definition) is 23. The van der Waals surface area contributed by atoms with Gasteiger partial charge in [0.2, 0.25) is 17.0 Å². The summed E-state index contributed by atoms with van der Waals surface area (Å²) in [6.07, 6.45) is -0.563. The second-order valence-corrected chi connectivity index (χ2v) is 21.5. The summed E-state index contributed by atoms with van der Waals surface area (Å²) >= 11 is 2.46. The summed E-state index contributed by atoms with van der Waals surface area (Å²) in [5, 5.41) is 73.1. The van der Waals surface area contributed by atoms with Gasteiger partial charge in [-0.05, 0) is 67.3 Å². The van der Waals surface area contributed by atoms with Gasteiger partial charge < -0.3 is 55.4 Å². The number of phenolic OH excluding ortho intramolecular Hbond substituents is 1. The largest absolute Gasteiger partial charge is 3.00 e. The van der Waals surface area contributed by atoms with Crippen LogP contribution in [0.3, 0.4) is 0 Å². The maximum absolute atomic E-state index is 14.7. The monoisotopic (exact) mass is 1180 g/mol. The van der Waals surface area contributed by atoms with E-state index in [-0.39, 0.29) is 140 Å². The number of carbonyl (C=O) groups excluding carboxylic acids is 9. The van der Waals surface area contributed by atoms with E-state index in [1.54, 1.807) is 25.8 Å². The zero-order valence-corrected chi connectivity index (χ0v) is 47.7. The van der Waals surface area contributed by atoms with E-state index in [0.29, 0.717) is 10.7 Å². The number of nitrogens with one attached hydrogen (secondary N) is 2. The Morgan fingerprint density at radius 3 is 1.90 bits per heavy atom. The second kappa shape index (κ2) is 27.7. The molecule has 1 aromatic heterocycles. The van der Waals surface area contributed by atoms with E-state index in [1.165, 1.54) is 83.9 Å². The van der Waals surface area contributed by atoms with Crippen LogP contribution in [-0.4, -0.2) is 270 Å². The number of fused-ring (bicyclic) bond motifs is 1. The summed E-state index contributed by atoms with van der Waals surface area (Å²) in [6, 6.07) is 4.25. The summed E-state index contributed by atoms with van der Waals surface area (Å²) in [7, 11) is 1.62. The van der Waals surface area contributed by atoms with Crippen molar-refractivity contribution in [1.82, 2.24) is 65.1 Å². The van der Waals surface area contributed by atoms with Crippen LogP contribution in [-0.2, 0) is 55.0 Å². The van der Waals surface area contributed by atoms with E-state index < -0.39 is 108 Å². The predicted molar refractivity (Wildman–Crippen MR) is 271 cm³/mol.